The van der Waals surface area contributed by atoms with E-state index in [9.17, 15) is 13.6 Å². The number of nitrogens with one attached hydrogen (secondary N) is 1. The van der Waals surface area contributed by atoms with Crippen LogP contribution in [0.25, 0.3) is 0 Å². The van der Waals surface area contributed by atoms with Gasteiger partial charge < -0.3 is 5.32 Å². The molecule has 0 aliphatic carbocycles. The lowest BCUT2D eigenvalue weighted by molar-refractivity contribution is -0.123. The number of Topliss-reactive ketones (excluding diaryl/α,β-unsaturated/α-hetero) is 1. The van der Waals surface area contributed by atoms with Crippen LogP contribution in [0, 0.1) is 17.6 Å². The lowest BCUT2D eigenvalue weighted by atomic mass is 9.88. The third-order valence-electron chi connectivity index (χ3n) is 2.93. The van der Waals surface area contributed by atoms with Gasteiger partial charge in [-0.2, -0.15) is 0 Å². The molecule has 19 heavy (non-hydrogen) atoms. The third kappa shape index (κ3) is 4.71. The van der Waals surface area contributed by atoms with Crippen LogP contribution in [0.3, 0.4) is 0 Å². The molecule has 2 nitrogen and oxygen atoms in total. The zero-order valence-corrected chi connectivity index (χ0v) is 11.8. The van der Waals surface area contributed by atoms with Crippen LogP contribution in [0.2, 0.25) is 0 Å². The fourth-order valence-corrected chi connectivity index (χ4v) is 1.91. The normalized spacial score (nSPS) is 13.1. The molecule has 0 spiro atoms. The van der Waals surface area contributed by atoms with Gasteiger partial charge in [0.1, 0.15) is 17.4 Å². The minimum Gasteiger partial charge on any atom is -0.313 e. The molecule has 0 aromatic heterocycles. The molecule has 0 radical (unpaired) electrons. The monoisotopic (exact) mass is 269 g/mol. The van der Waals surface area contributed by atoms with Crippen molar-refractivity contribution in [3.05, 3.63) is 35.4 Å². The summed E-state index contributed by atoms with van der Waals surface area (Å²) in [5, 5.41) is 3.15. The van der Waals surface area contributed by atoms with Crippen LogP contribution in [0.1, 0.15) is 39.2 Å². The van der Waals surface area contributed by atoms with Gasteiger partial charge in [-0.05, 0) is 17.7 Å². The van der Waals surface area contributed by atoms with Gasteiger partial charge in [0.15, 0.2) is 0 Å². The minimum atomic E-state index is -0.652. The number of ketones is 1. The van der Waals surface area contributed by atoms with Crippen molar-refractivity contribution in [1.29, 1.82) is 0 Å². The molecule has 0 aliphatic heterocycles. The zero-order chi connectivity index (χ0) is 14.6. The van der Waals surface area contributed by atoms with E-state index in [1.54, 1.807) is 13.8 Å². The number of rotatable bonds is 6. The van der Waals surface area contributed by atoms with Crippen molar-refractivity contribution < 1.29 is 13.6 Å². The molecule has 0 heterocycles. The maximum atomic E-state index is 13.3. The van der Waals surface area contributed by atoms with Crippen LogP contribution in [0.5, 0.6) is 0 Å². The summed E-state index contributed by atoms with van der Waals surface area (Å²) in [4.78, 5) is 12.2. The lowest BCUT2D eigenvalue weighted by Crippen LogP contribution is -2.33. The van der Waals surface area contributed by atoms with Gasteiger partial charge in [-0.25, -0.2) is 8.78 Å². The lowest BCUT2D eigenvalue weighted by Gasteiger charge is -2.20. The van der Waals surface area contributed by atoms with Crippen LogP contribution >= 0.6 is 0 Å². The Hall–Kier alpha value is -1.29. The summed E-state index contributed by atoms with van der Waals surface area (Å²) in [5.74, 6) is -2.02. The first-order chi connectivity index (χ1) is 8.81. The van der Waals surface area contributed by atoms with E-state index in [4.69, 9.17) is 0 Å². The molecule has 1 atom stereocenters. The quantitative estimate of drug-likeness (QED) is 0.858. The summed E-state index contributed by atoms with van der Waals surface area (Å²) >= 11 is 0. The van der Waals surface area contributed by atoms with E-state index in [1.807, 2.05) is 13.8 Å². The number of halogens is 2. The van der Waals surface area contributed by atoms with Crippen molar-refractivity contribution in [3.63, 3.8) is 0 Å². The van der Waals surface area contributed by atoms with Crippen LogP contribution in [-0.4, -0.2) is 18.4 Å². The topological polar surface area (TPSA) is 29.1 Å². The average molecular weight is 269 g/mol. The van der Waals surface area contributed by atoms with E-state index >= 15 is 0 Å². The van der Waals surface area contributed by atoms with Gasteiger partial charge >= 0.3 is 0 Å². The van der Waals surface area contributed by atoms with Gasteiger partial charge in [0, 0.05) is 24.6 Å². The van der Waals surface area contributed by atoms with E-state index in [0.29, 0.717) is 12.1 Å². The first kappa shape index (κ1) is 15.8. The molecule has 1 aromatic rings. The molecule has 0 bridgehead atoms. The van der Waals surface area contributed by atoms with Crippen molar-refractivity contribution in [2.45, 2.75) is 39.7 Å². The highest BCUT2D eigenvalue weighted by Crippen LogP contribution is 2.22. The fraction of sp³-hybridized carbons (Fsp3) is 0.533. The molecule has 0 unspecified atom stereocenters. The number of hydrogen-bond acceptors (Lipinski definition) is 2. The predicted molar refractivity (Wildman–Crippen MR) is 72.1 cm³/mol. The molecule has 0 saturated heterocycles. The Morgan fingerprint density at radius 1 is 1.11 bits per heavy atom. The fourth-order valence-electron chi connectivity index (χ4n) is 1.91. The first-order valence-corrected chi connectivity index (χ1v) is 6.54. The Bertz CT molecular complexity index is 424. The Morgan fingerprint density at radius 3 is 2.05 bits per heavy atom. The van der Waals surface area contributed by atoms with E-state index in [-0.39, 0.29) is 17.7 Å². The third-order valence-corrected chi connectivity index (χ3v) is 2.93. The molecular weight excluding hydrogens is 248 g/mol. The Labute approximate surface area is 113 Å². The highest BCUT2D eigenvalue weighted by atomic mass is 19.1. The summed E-state index contributed by atoms with van der Waals surface area (Å²) in [6.07, 6.45) is 0. The molecule has 106 valence electrons. The van der Waals surface area contributed by atoms with E-state index in [0.717, 1.165) is 6.07 Å². The maximum Gasteiger partial charge on any atom is 0.144 e. The second-order valence-corrected chi connectivity index (χ2v) is 5.38. The zero-order valence-electron chi connectivity index (χ0n) is 11.8. The van der Waals surface area contributed by atoms with E-state index in [2.05, 4.69) is 5.32 Å². The molecule has 1 N–H and O–H groups in total. The van der Waals surface area contributed by atoms with Gasteiger partial charge in [0.25, 0.3) is 0 Å². The van der Waals surface area contributed by atoms with Crippen molar-refractivity contribution in [3.8, 4) is 0 Å². The smallest absolute Gasteiger partial charge is 0.144 e. The van der Waals surface area contributed by atoms with Crippen LogP contribution in [0.4, 0.5) is 8.78 Å². The van der Waals surface area contributed by atoms with E-state index < -0.39 is 17.6 Å². The molecule has 0 amide bonds. The van der Waals surface area contributed by atoms with Crippen LogP contribution in [-0.2, 0) is 4.79 Å². The van der Waals surface area contributed by atoms with Gasteiger partial charge in [-0.15, -0.1) is 0 Å². The van der Waals surface area contributed by atoms with Gasteiger partial charge in [-0.3, -0.25) is 4.79 Å². The summed E-state index contributed by atoms with van der Waals surface area (Å²) in [6, 6.07) is 3.49. The van der Waals surface area contributed by atoms with Gasteiger partial charge in [0.05, 0.1) is 5.92 Å². The second kappa shape index (κ2) is 6.75. The number of carbonyl (C=O) groups excluding carboxylic acids is 1. The maximum absolute atomic E-state index is 13.3. The van der Waals surface area contributed by atoms with Crippen molar-refractivity contribution >= 4 is 5.78 Å². The Morgan fingerprint density at radius 2 is 1.63 bits per heavy atom. The summed E-state index contributed by atoms with van der Waals surface area (Å²) in [7, 11) is 0. The molecular formula is C15H21F2NO. The highest BCUT2D eigenvalue weighted by Gasteiger charge is 2.24. The van der Waals surface area contributed by atoms with Gasteiger partial charge in [-0.1, -0.05) is 27.7 Å². The Balaban J connectivity index is 3.03. The molecule has 4 heteroatoms. The summed E-state index contributed by atoms with van der Waals surface area (Å²) in [5.41, 5.74) is 0.393. The number of hydrogen-bond donors (Lipinski definition) is 1. The molecule has 0 saturated carbocycles. The number of carbonyl (C=O) groups is 1. The minimum absolute atomic E-state index is 0.0156. The molecule has 1 aromatic carbocycles. The second-order valence-electron chi connectivity index (χ2n) is 5.38. The highest BCUT2D eigenvalue weighted by molar-refractivity contribution is 5.87. The standard InChI is InChI=1S/C15H21F2NO/c1-9(2)15(19)14(8-18-10(3)4)11-5-12(16)7-13(17)6-11/h5-7,9-10,14,18H,8H2,1-4H3/t14-/m1/s1. The predicted octanol–water partition coefficient (Wildman–Crippen LogP) is 3.27. The van der Waals surface area contributed by atoms with E-state index in [1.165, 1.54) is 12.1 Å². The van der Waals surface area contributed by atoms with Gasteiger partial charge in [0.2, 0.25) is 0 Å². The molecule has 0 fully saturated rings. The molecule has 1 rings (SSSR count). The van der Waals surface area contributed by atoms with Crippen molar-refractivity contribution in [2.24, 2.45) is 5.92 Å². The summed E-state index contributed by atoms with van der Waals surface area (Å²) < 4.78 is 26.6. The largest absolute Gasteiger partial charge is 0.313 e. The molecule has 0 aliphatic rings. The SMILES string of the molecule is CC(C)NC[C@@H](C(=O)C(C)C)c1cc(F)cc(F)c1. The van der Waals surface area contributed by atoms with Crippen LogP contribution in [0.15, 0.2) is 18.2 Å². The Kier molecular flexibility index (Phi) is 5.60. The first-order valence-electron chi connectivity index (χ1n) is 6.54. The van der Waals surface area contributed by atoms with Crippen LogP contribution < -0.4 is 5.32 Å². The van der Waals surface area contributed by atoms with Crippen molar-refractivity contribution in [2.75, 3.05) is 6.54 Å². The average Bonchev–Trinajstić information content (AvgIpc) is 2.27. The number of benzene rings is 1. The van der Waals surface area contributed by atoms with Crippen molar-refractivity contribution in [1.82, 2.24) is 5.32 Å². The summed E-state index contributed by atoms with van der Waals surface area (Å²) in [6.45, 7) is 7.89.